The van der Waals surface area contributed by atoms with Gasteiger partial charge in [0.05, 0.1) is 12.6 Å². The minimum atomic E-state index is -1.28. The Balaban J connectivity index is 1.86. The van der Waals surface area contributed by atoms with Crippen LogP contribution in [-0.2, 0) is 13.2 Å². The van der Waals surface area contributed by atoms with Gasteiger partial charge in [0.1, 0.15) is 13.2 Å². The van der Waals surface area contributed by atoms with Crippen LogP contribution in [0.5, 0.6) is 11.5 Å². The van der Waals surface area contributed by atoms with Crippen molar-refractivity contribution in [3.8, 4) is 11.5 Å². The Hall–Kier alpha value is -3.54. The van der Waals surface area contributed by atoms with Crippen LogP contribution < -0.4 is 9.47 Å². The van der Waals surface area contributed by atoms with Crippen molar-refractivity contribution in [3.63, 3.8) is 0 Å². The number of ether oxygens (including phenoxy) is 2. The second-order valence-corrected chi connectivity index (χ2v) is 6.27. The number of azide groups is 1. The van der Waals surface area contributed by atoms with Gasteiger partial charge in [0.15, 0.2) is 17.3 Å². The van der Waals surface area contributed by atoms with Crippen LogP contribution in [-0.4, -0.2) is 11.7 Å². The smallest absolute Gasteiger partial charge is 0.197 e. The van der Waals surface area contributed by atoms with Crippen LogP contribution in [0.1, 0.15) is 22.8 Å². The van der Waals surface area contributed by atoms with Crippen molar-refractivity contribution < 1.29 is 19.0 Å². The average Bonchev–Trinajstić information content (AvgIpc) is 2.76. The normalized spacial score (nSPS) is 11.4. The van der Waals surface area contributed by atoms with Crippen molar-refractivity contribution in [1.29, 1.82) is 0 Å². The van der Waals surface area contributed by atoms with Gasteiger partial charge in [-0.25, -0.2) is 4.39 Å². The summed E-state index contributed by atoms with van der Waals surface area (Å²) in [6.07, 6.45) is -1.28. The lowest BCUT2D eigenvalue weighted by Crippen LogP contribution is -2.08. The van der Waals surface area contributed by atoms with E-state index in [1.165, 1.54) is 6.07 Å². The van der Waals surface area contributed by atoms with Gasteiger partial charge in [0.2, 0.25) is 0 Å². The lowest BCUT2D eigenvalue weighted by Gasteiger charge is -2.17. The van der Waals surface area contributed by atoms with Crippen molar-refractivity contribution in [3.05, 3.63) is 106 Å². The molecule has 0 aliphatic carbocycles. The summed E-state index contributed by atoms with van der Waals surface area (Å²) in [5.74, 6) is -0.614. The predicted molar refractivity (Wildman–Crippen MR) is 107 cm³/mol. The van der Waals surface area contributed by atoms with E-state index in [2.05, 4.69) is 10.0 Å². The Bertz CT molecular complexity index is 977. The average molecular weight is 393 g/mol. The third-order valence-electron chi connectivity index (χ3n) is 4.23. The van der Waals surface area contributed by atoms with Crippen molar-refractivity contribution in [2.24, 2.45) is 5.11 Å². The standard InChI is InChI=1S/C22H20FN3O3/c23-21-18(19(27)13-25-26-24)11-12-20(28-14-16-7-3-1-4-8-16)22(21)29-15-17-9-5-2-6-10-17/h1-12,19,27H,13-15H2/t19-/m0/s1. The van der Waals surface area contributed by atoms with Crippen LogP contribution in [0.2, 0.25) is 0 Å². The molecule has 0 saturated heterocycles. The molecule has 0 bridgehead atoms. The van der Waals surface area contributed by atoms with E-state index in [1.54, 1.807) is 6.07 Å². The molecule has 29 heavy (non-hydrogen) atoms. The van der Waals surface area contributed by atoms with Gasteiger partial charge in [-0.3, -0.25) is 0 Å². The summed E-state index contributed by atoms with van der Waals surface area (Å²) in [5.41, 5.74) is 10.2. The molecule has 0 unspecified atom stereocenters. The van der Waals surface area contributed by atoms with Gasteiger partial charge in [-0.2, -0.15) is 0 Å². The lowest BCUT2D eigenvalue weighted by atomic mass is 10.1. The monoisotopic (exact) mass is 393 g/mol. The van der Waals surface area contributed by atoms with E-state index in [1.807, 2.05) is 60.7 Å². The zero-order valence-electron chi connectivity index (χ0n) is 15.6. The number of benzene rings is 3. The number of rotatable bonds is 9. The van der Waals surface area contributed by atoms with Crippen molar-refractivity contribution >= 4 is 0 Å². The molecule has 0 radical (unpaired) electrons. The molecule has 0 aliphatic rings. The van der Waals surface area contributed by atoms with E-state index in [0.29, 0.717) is 0 Å². The van der Waals surface area contributed by atoms with Gasteiger partial charge in [0.25, 0.3) is 0 Å². The zero-order valence-corrected chi connectivity index (χ0v) is 15.6. The number of halogens is 1. The van der Waals surface area contributed by atoms with E-state index in [0.717, 1.165) is 11.1 Å². The predicted octanol–water partition coefficient (Wildman–Crippen LogP) is 5.33. The summed E-state index contributed by atoms with van der Waals surface area (Å²) >= 11 is 0. The molecule has 1 N–H and O–H groups in total. The second-order valence-electron chi connectivity index (χ2n) is 6.27. The molecule has 3 aromatic rings. The summed E-state index contributed by atoms with van der Waals surface area (Å²) < 4.78 is 26.6. The summed E-state index contributed by atoms with van der Waals surface area (Å²) in [7, 11) is 0. The quantitative estimate of drug-likeness (QED) is 0.303. The van der Waals surface area contributed by atoms with E-state index in [-0.39, 0.29) is 36.8 Å². The molecule has 0 amide bonds. The Labute approximate surface area is 167 Å². The minimum Gasteiger partial charge on any atom is -0.485 e. The Kier molecular flexibility index (Phi) is 7.05. The summed E-state index contributed by atoms with van der Waals surface area (Å²) in [6.45, 7) is 0.0910. The van der Waals surface area contributed by atoms with Crippen LogP contribution in [0.4, 0.5) is 4.39 Å². The van der Waals surface area contributed by atoms with Crippen LogP contribution in [0.25, 0.3) is 10.4 Å². The maximum Gasteiger partial charge on any atom is 0.197 e. The van der Waals surface area contributed by atoms with Crippen LogP contribution >= 0.6 is 0 Å². The lowest BCUT2D eigenvalue weighted by molar-refractivity contribution is 0.178. The molecule has 3 aromatic carbocycles. The maximum atomic E-state index is 15.1. The third kappa shape index (κ3) is 5.48. The molecule has 0 aliphatic heterocycles. The van der Waals surface area contributed by atoms with Gasteiger partial charge >= 0.3 is 0 Å². The van der Waals surface area contributed by atoms with E-state index < -0.39 is 11.9 Å². The second kappa shape index (κ2) is 10.1. The van der Waals surface area contributed by atoms with Gasteiger partial charge in [-0.05, 0) is 28.8 Å². The fourth-order valence-electron chi connectivity index (χ4n) is 2.74. The molecular formula is C22H20FN3O3. The molecule has 0 fully saturated rings. The van der Waals surface area contributed by atoms with Crippen LogP contribution in [0, 0.1) is 5.82 Å². The molecule has 7 heteroatoms. The molecule has 1 atom stereocenters. The highest BCUT2D eigenvalue weighted by molar-refractivity contribution is 5.45. The largest absolute Gasteiger partial charge is 0.485 e. The van der Waals surface area contributed by atoms with Gasteiger partial charge in [-0.1, -0.05) is 65.8 Å². The topological polar surface area (TPSA) is 87.5 Å². The molecule has 0 heterocycles. The molecule has 3 rings (SSSR count). The molecule has 0 saturated carbocycles. The SMILES string of the molecule is [N-]=[N+]=NC[C@H](O)c1ccc(OCc2ccccc2)c(OCc2ccccc2)c1F. The first-order chi connectivity index (χ1) is 14.2. The van der Waals surface area contributed by atoms with Crippen molar-refractivity contribution in [1.82, 2.24) is 0 Å². The minimum absolute atomic E-state index is 0.0208. The van der Waals surface area contributed by atoms with Crippen LogP contribution in [0.15, 0.2) is 77.9 Å². The number of hydrogen-bond acceptors (Lipinski definition) is 4. The summed E-state index contributed by atoms with van der Waals surface area (Å²) in [4.78, 5) is 2.60. The van der Waals surface area contributed by atoms with Crippen LogP contribution in [0.3, 0.4) is 0 Å². The van der Waals surface area contributed by atoms with Gasteiger partial charge in [0, 0.05) is 10.5 Å². The molecule has 0 spiro atoms. The highest BCUT2D eigenvalue weighted by atomic mass is 19.1. The molecule has 148 valence electrons. The number of nitrogens with zero attached hydrogens (tertiary/aromatic N) is 3. The van der Waals surface area contributed by atoms with Crippen molar-refractivity contribution in [2.75, 3.05) is 6.54 Å². The first-order valence-electron chi connectivity index (χ1n) is 9.04. The Morgan fingerprint density at radius 1 is 0.897 bits per heavy atom. The third-order valence-corrected chi connectivity index (χ3v) is 4.23. The number of aliphatic hydroxyl groups is 1. The highest BCUT2D eigenvalue weighted by Crippen LogP contribution is 2.36. The van der Waals surface area contributed by atoms with Gasteiger partial charge < -0.3 is 14.6 Å². The molecule has 0 aromatic heterocycles. The Morgan fingerprint density at radius 3 is 2.07 bits per heavy atom. The number of aliphatic hydroxyl groups excluding tert-OH is 1. The Morgan fingerprint density at radius 2 is 1.48 bits per heavy atom. The first-order valence-corrected chi connectivity index (χ1v) is 9.04. The van der Waals surface area contributed by atoms with Crippen molar-refractivity contribution in [2.45, 2.75) is 19.3 Å². The van der Waals surface area contributed by atoms with E-state index in [4.69, 9.17) is 15.0 Å². The van der Waals surface area contributed by atoms with E-state index >= 15 is 4.39 Å². The number of hydrogen-bond donors (Lipinski definition) is 1. The zero-order chi connectivity index (χ0) is 20.5. The van der Waals surface area contributed by atoms with E-state index in [9.17, 15) is 5.11 Å². The molecule has 6 nitrogen and oxygen atoms in total. The van der Waals surface area contributed by atoms with Gasteiger partial charge in [-0.15, -0.1) is 0 Å². The fourth-order valence-corrected chi connectivity index (χ4v) is 2.74. The first kappa shape index (κ1) is 20.2. The fraction of sp³-hybridized carbons (Fsp3) is 0.182. The molecular weight excluding hydrogens is 373 g/mol. The summed E-state index contributed by atoms with van der Waals surface area (Å²) in [6, 6.07) is 21.8. The highest BCUT2D eigenvalue weighted by Gasteiger charge is 2.21. The summed E-state index contributed by atoms with van der Waals surface area (Å²) in [5, 5.41) is 13.4. The maximum absolute atomic E-state index is 15.1.